The Labute approximate surface area is 239 Å². The number of nitrogens with two attached hydrogens (primary N) is 1. The van der Waals surface area contributed by atoms with E-state index < -0.39 is 18.3 Å². The number of aliphatic hydroxyl groups is 2. The Kier molecular flexibility index (Phi) is 8.37. The zero-order valence-electron chi connectivity index (χ0n) is 23.4. The minimum atomic E-state index is -1.82. The third-order valence-electron chi connectivity index (χ3n) is 8.79. The Hall–Kier alpha value is -3.83. The molecule has 11 heteroatoms. The normalized spacial score (nSPS) is 22.1. The van der Waals surface area contributed by atoms with Crippen molar-refractivity contribution in [1.29, 1.82) is 0 Å². The van der Waals surface area contributed by atoms with Gasteiger partial charge < -0.3 is 30.9 Å². The molecular weight excluding hydrogens is 522 g/mol. The van der Waals surface area contributed by atoms with Crippen molar-refractivity contribution in [2.24, 2.45) is 28.5 Å². The first-order valence-electron chi connectivity index (χ1n) is 14.4. The number of allylic oxidation sites excluding steroid dienone is 1. The van der Waals surface area contributed by atoms with Crippen LogP contribution in [0.4, 0.5) is 10.6 Å². The number of aliphatic hydroxyl groups excluding tert-OH is 1. The second-order valence-corrected chi connectivity index (χ2v) is 11.4. The summed E-state index contributed by atoms with van der Waals surface area (Å²) >= 11 is 0. The van der Waals surface area contributed by atoms with E-state index in [0.29, 0.717) is 41.2 Å². The predicted molar refractivity (Wildman–Crippen MR) is 157 cm³/mol. The van der Waals surface area contributed by atoms with Crippen LogP contribution in [0.25, 0.3) is 11.2 Å². The summed E-state index contributed by atoms with van der Waals surface area (Å²) in [6.07, 6.45) is 7.99. The molecule has 2 unspecified atom stereocenters. The largest absolute Gasteiger partial charge is 0.463 e. The predicted octanol–water partition coefficient (Wildman–Crippen LogP) is 4.03. The van der Waals surface area contributed by atoms with Gasteiger partial charge in [0.1, 0.15) is 5.52 Å². The molecule has 41 heavy (non-hydrogen) atoms. The van der Waals surface area contributed by atoms with E-state index in [4.69, 9.17) is 10.7 Å². The summed E-state index contributed by atoms with van der Waals surface area (Å²) < 4.78 is 1.93. The molecule has 0 spiro atoms. The number of amidine groups is 1. The summed E-state index contributed by atoms with van der Waals surface area (Å²) in [5, 5.41) is 35.3. The van der Waals surface area contributed by atoms with Gasteiger partial charge in [0.2, 0.25) is 0 Å². The molecule has 2 fully saturated rings. The first-order chi connectivity index (χ1) is 19.7. The SMILES string of the molecule is C=CC1CCC(Cn2c(C(O)(CO)c3ccccc3)nc3nc(C(N)=NC(=O)O)nc(NC(C)C4CCC4)c32)CC1. The number of rotatable bonds is 10. The van der Waals surface area contributed by atoms with Gasteiger partial charge in [0, 0.05) is 12.6 Å². The van der Waals surface area contributed by atoms with E-state index in [1.807, 2.05) is 16.7 Å². The number of imidazole rings is 1. The molecule has 0 bridgehead atoms. The summed E-state index contributed by atoms with van der Waals surface area (Å²) in [7, 11) is 0. The summed E-state index contributed by atoms with van der Waals surface area (Å²) in [6, 6.07) is 9.02. The third-order valence-corrected chi connectivity index (χ3v) is 8.79. The molecule has 6 N–H and O–H groups in total. The lowest BCUT2D eigenvalue weighted by atomic mass is 9.80. The third kappa shape index (κ3) is 5.82. The van der Waals surface area contributed by atoms with Gasteiger partial charge in [-0.25, -0.2) is 19.7 Å². The van der Waals surface area contributed by atoms with Crippen LogP contribution in [0.1, 0.15) is 69.1 Å². The average molecular weight is 562 g/mol. The fraction of sp³-hybridized carbons (Fsp3) is 0.500. The number of hydrogen-bond acceptors (Lipinski definition) is 7. The lowest BCUT2D eigenvalue weighted by Crippen LogP contribution is -2.36. The molecule has 5 rings (SSSR count). The van der Waals surface area contributed by atoms with Crippen molar-refractivity contribution >= 4 is 28.9 Å². The number of benzene rings is 1. The van der Waals surface area contributed by atoms with Crippen LogP contribution < -0.4 is 11.1 Å². The van der Waals surface area contributed by atoms with Crippen LogP contribution in [0.15, 0.2) is 48.0 Å². The Bertz CT molecular complexity index is 1430. The summed E-state index contributed by atoms with van der Waals surface area (Å²) in [4.78, 5) is 28.6. The Balaban J connectivity index is 1.70. The summed E-state index contributed by atoms with van der Waals surface area (Å²) in [5.41, 5.74) is 5.47. The molecule has 3 aromatic rings. The molecule has 0 radical (unpaired) electrons. The summed E-state index contributed by atoms with van der Waals surface area (Å²) in [5.74, 6) is 1.53. The van der Waals surface area contributed by atoms with Crippen LogP contribution in [-0.2, 0) is 12.1 Å². The van der Waals surface area contributed by atoms with Crippen LogP contribution >= 0.6 is 0 Å². The van der Waals surface area contributed by atoms with E-state index in [2.05, 4.69) is 33.8 Å². The topological polar surface area (TPSA) is 172 Å². The van der Waals surface area contributed by atoms with E-state index in [-0.39, 0.29) is 29.2 Å². The monoisotopic (exact) mass is 561 g/mol. The van der Waals surface area contributed by atoms with E-state index >= 15 is 0 Å². The number of nitrogens with zero attached hydrogens (tertiary/aromatic N) is 5. The standard InChI is InChI=1S/C30H39N7O4/c1-3-19-12-14-20(15-13-19)16-37-23-25(32-18(2)21-8-7-9-21)34-27(24(31)33-29(39)40)35-26(23)36-28(37)30(41,17-38)22-10-5-4-6-11-22/h3-6,10-11,18-21,38,41H,1,7-9,12-17H2,2H3,(H2,31,33)(H,39,40)(H,32,34,35). The van der Waals surface area contributed by atoms with Crippen LogP contribution in [-0.4, -0.2) is 59.4 Å². The first kappa shape index (κ1) is 28.7. The molecule has 2 saturated carbocycles. The first-order valence-corrected chi connectivity index (χ1v) is 14.4. The van der Waals surface area contributed by atoms with Gasteiger partial charge in [-0.15, -0.1) is 6.58 Å². The maximum Gasteiger partial charge on any atom is 0.433 e. The molecule has 2 aliphatic rings. The van der Waals surface area contributed by atoms with Crippen molar-refractivity contribution in [3.8, 4) is 0 Å². The molecule has 0 aliphatic heterocycles. The minimum Gasteiger partial charge on any atom is -0.463 e. The average Bonchev–Trinajstić information content (AvgIpc) is 3.31. The maximum atomic E-state index is 12.0. The van der Waals surface area contributed by atoms with Crippen LogP contribution in [0, 0.1) is 17.8 Å². The van der Waals surface area contributed by atoms with E-state index in [0.717, 1.165) is 38.5 Å². The van der Waals surface area contributed by atoms with Crippen molar-refractivity contribution in [3.05, 3.63) is 60.2 Å². The Morgan fingerprint density at radius 1 is 1.20 bits per heavy atom. The van der Waals surface area contributed by atoms with E-state index in [1.54, 1.807) is 24.3 Å². The van der Waals surface area contributed by atoms with Gasteiger partial charge in [-0.05, 0) is 68.8 Å². The number of aromatic nitrogens is 4. The number of aliphatic imine (C=N–C) groups is 1. The van der Waals surface area contributed by atoms with E-state index in [9.17, 15) is 20.1 Å². The molecular formula is C30H39N7O4. The van der Waals surface area contributed by atoms with Crippen LogP contribution in [0.5, 0.6) is 0 Å². The highest BCUT2D eigenvalue weighted by Gasteiger charge is 2.39. The molecule has 1 amide bonds. The van der Waals surface area contributed by atoms with Crippen molar-refractivity contribution in [2.45, 2.75) is 70.1 Å². The molecule has 2 heterocycles. The minimum absolute atomic E-state index is 0.0712. The maximum absolute atomic E-state index is 12.0. The highest BCUT2D eigenvalue weighted by molar-refractivity contribution is 6.01. The molecule has 0 saturated heterocycles. The molecule has 2 atom stereocenters. The number of carboxylic acid groups (broad SMARTS) is 1. The highest BCUT2D eigenvalue weighted by atomic mass is 16.4. The zero-order chi connectivity index (χ0) is 29.1. The van der Waals surface area contributed by atoms with Crippen LogP contribution in [0.2, 0.25) is 0 Å². The van der Waals surface area contributed by atoms with Gasteiger partial charge in [-0.2, -0.15) is 4.99 Å². The van der Waals surface area contributed by atoms with Crippen molar-refractivity contribution in [1.82, 2.24) is 19.5 Å². The fourth-order valence-corrected chi connectivity index (χ4v) is 6.04. The zero-order valence-corrected chi connectivity index (χ0v) is 23.4. The second-order valence-electron chi connectivity index (χ2n) is 11.4. The number of anilines is 1. The molecule has 1 aromatic carbocycles. The Morgan fingerprint density at radius 3 is 2.49 bits per heavy atom. The molecule has 2 aliphatic carbocycles. The van der Waals surface area contributed by atoms with Gasteiger partial charge >= 0.3 is 6.09 Å². The molecule has 2 aromatic heterocycles. The molecule has 11 nitrogen and oxygen atoms in total. The number of carbonyl (C=O) groups is 1. The van der Waals surface area contributed by atoms with E-state index in [1.165, 1.54) is 6.42 Å². The van der Waals surface area contributed by atoms with Gasteiger partial charge in [0.15, 0.2) is 34.6 Å². The second kappa shape index (κ2) is 12.0. The quantitative estimate of drug-likeness (QED) is 0.139. The number of amides is 1. The number of fused-ring (bicyclic) bond motifs is 1. The lowest BCUT2D eigenvalue weighted by molar-refractivity contribution is 0.00666. The smallest absolute Gasteiger partial charge is 0.433 e. The van der Waals surface area contributed by atoms with Crippen molar-refractivity contribution in [2.75, 3.05) is 11.9 Å². The van der Waals surface area contributed by atoms with Crippen molar-refractivity contribution < 1.29 is 20.1 Å². The van der Waals surface area contributed by atoms with Gasteiger partial charge in [0.25, 0.3) is 0 Å². The summed E-state index contributed by atoms with van der Waals surface area (Å²) in [6.45, 7) is 6.00. The molecule has 218 valence electrons. The van der Waals surface area contributed by atoms with Crippen LogP contribution in [0.3, 0.4) is 0 Å². The van der Waals surface area contributed by atoms with Gasteiger partial charge in [-0.3, -0.25) is 0 Å². The van der Waals surface area contributed by atoms with Crippen molar-refractivity contribution in [3.63, 3.8) is 0 Å². The van der Waals surface area contributed by atoms with Gasteiger partial charge in [-0.1, -0.05) is 42.8 Å². The fourth-order valence-electron chi connectivity index (χ4n) is 6.04. The Morgan fingerprint density at radius 2 is 1.90 bits per heavy atom. The lowest BCUT2D eigenvalue weighted by Gasteiger charge is -2.33. The number of nitrogens with one attached hydrogen (secondary N) is 1. The van der Waals surface area contributed by atoms with Gasteiger partial charge in [0.05, 0.1) is 6.61 Å². The highest BCUT2D eigenvalue weighted by Crippen LogP contribution is 2.38. The number of hydrogen-bond donors (Lipinski definition) is 5.